The number of aromatic nitrogens is 4. The second-order valence-corrected chi connectivity index (χ2v) is 16.0. The lowest BCUT2D eigenvalue weighted by molar-refractivity contribution is 0.668. The van der Waals surface area contributed by atoms with Crippen LogP contribution in [0.5, 0.6) is 0 Å². The number of rotatable bonds is 5. The van der Waals surface area contributed by atoms with Crippen molar-refractivity contribution < 1.29 is 4.42 Å². The Morgan fingerprint density at radius 1 is 0.323 bits per heavy atom. The normalized spacial score (nSPS) is 11.9. The van der Waals surface area contributed by atoms with Gasteiger partial charge in [-0.15, -0.1) is 0 Å². The number of furan rings is 1. The molecule has 0 N–H and O–H groups in total. The fourth-order valence-corrected chi connectivity index (χ4v) is 9.51. The van der Waals surface area contributed by atoms with E-state index in [9.17, 15) is 0 Å². The third kappa shape index (κ3) is 5.38. The van der Waals surface area contributed by atoms with Crippen molar-refractivity contribution in [2.75, 3.05) is 0 Å². The van der Waals surface area contributed by atoms with E-state index in [1.165, 1.54) is 26.9 Å². The van der Waals surface area contributed by atoms with Crippen molar-refractivity contribution in [2.24, 2.45) is 0 Å². The van der Waals surface area contributed by atoms with Crippen LogP contribution in [0.2, 0.25) is 0 Å². The van der Waals surface area contributed by atoms with E-state index in [2.05, 4.69) is 193 Å². The highest BCUT2D eigenvalue weighted by Gasteiger charge is 2.23. The largest absolute Gasteiger partial charge is 0.456 e. The standard InChI is InChI=1S/C57H34N4O/c1-2-14-35(15-3-1)36-26-28-37(29-27-36)55-58-56(48-31-40-18-6-7-19-42(40)43-20-8-9-21-44(43)48)60-57(59-55)49-33-41(34-53-54(49)46-23-11-13-25-52(46)62-53)61-50-24-12-10-22-45(50)47-30-38-16-4-5-17-39(38)32-51(47)61/h1-34H. The van der Waals surface area contributed by atoms with E-state index in [1.807, 2.05) is 18.2 Å². The lowest BCUT2D eigenvalue weighted by Crippen LogP contribution is -2.02. The SMILES string of the molecule is c1ccc(-c2ccc(-c3nc(-c4cc5ccccc5c5ccccc45)nc(-c4cc(-n5c6ccccc6c6cc7ccccc7cc65)cc5oc6ccccc6c45)n3)cc2)cc1. The predicted molar refractivity (Wildman–Crippen MR) is 256 cm³/mol. The van der Waals surface area contributed by atoms with E-state index < -0.39 is 0 Å². The monoisotopic (exact) mass is 790 g/mol. The first kappa shape index (κ1) is 34.5. The van der Waals surface area contributed by atoms with Crippen LogP contribution in [0.25, 0.3) is 127 Å². The first-order chi connectivity index (χ1) is 30.7. The van der Waals surface area contributed by atoms with E-state index in [0.717, 1.165) is 82.6 Å². The smallest absolute Gasteiger partial charge is 0.164 e. The molecule has 0 aliphatic rings. The molecule has 0 unspecified atom stereocenters. The molecule has 13 rings (SSSR count). The van der Waals surface area contributed by atoms with Crippen molar-refractivity contribution in [1.82, 2.24) is 19.5 Å². The fourth-order valence-electron chi connectivity index (χ4n) is 9.51. The van der Waals surface area contributed by atoms with Gasteiger partial charge in [0.2, 0.25) is 0 Å². The lowest BCUT2D eigenvalue weighted by Gasteiger charge is -2.14. The molecule has 13 aromatic rings. The van der Waals surface area contributed by atoms with Gasteiger partial charge in [0.05, 0.1) is 16.7 Å². The summed E-state index contributed by atoms with van der Waals surface area (Å²) in [7, 11) is 0. The van der Waals surface area contributed by atoms with Crippen LogP contribution in [0.4, 0.5) is 0 Å². The number of para-hydroxylation sites is 2. The topological polar surface area (TPSA) is 56.7 Å². The Kier molecular flexibility index (Phi) is 7.54. The average molecular weight is 791 g/mol. The quantitative estimate of drug-likeness (QED) is 0.163. The minimum absolute atomic E-state index is 0.569. The molecule has 0 saturated carbocycles. The van der Waals surface area contributed by atoms with Gasteiger partial charge in [-0.25, -0.2) is 15.0 Å². The Hall–Kier alpha value is -8.41. The molecule has 0 aliphatic carbocycles. The van der Waals surface area contributed by atoms with Crippen molar-refractivity contribution in [3.8, 4) is 51.0 Å². The Balaban J connectivity index is 1.12. The van der Waals surface area contributed by atoms with Gasteiger partial charge >= 0.3 is 0 Å². The molecular weight excluding hydrogens is 757 g/mol. The number of hydrogen-bond donors (Lipinski definition) is 0. The molecule has 0 aliphatic heterocycles. The zero-order valence-corrected chi connectivity index (χ0v) is 33.3. The van der Waals surface area contributed by atoms with E-state index >= 15 is 0 Å². The molecule has 0 spiro atoms. The molecule has 288 valence electrons. The molecule has 0 bridgehead atoms. The van der Waals surface area contributed by atoms with E-state index in [0.29, 0.717) is 17.5 Å². The van der Waals surface area contributed by atoms with Crippen LogP contribution in [0, 0.1) is 0 Å². The average Bonchev–Trinajstić information content (AvgIpc) is 3.88. The van der Waals surface area contributed by atoms with Crippen molar-refractivity contribution in [3.63, 3.8) is 0 Å². The maximum Gasteiger partial charge on any atom is 0.164 e. The van der Waals surface area contributed by atoms with Gasteiger partial charge in [0.1, 0.15) is 11.2 Å². The van der Waals surface area contributed by atoms with Crippen LogP contribution in [0.15, 0.2) is 211 Å². The molecule has 0 radical (unpaired) electrons. The molecular formula is C57H34N4O. The fraction of sp³-hybridized carbons (Fsp3) is 0. The summed E-state index contributed by atoms with van der Waals surface area (Å²) in [5.74, 6) is 1.77. The zero-order chi connectivity index (χ0) is 40.7. The Morgan fingerprint density at radius 3 is 1.71 bits per heavy atom. The lowest BCUT2D eigenvalue weighted by atomic mass is 9.96. The summed E-state index contributed by atoms with van der Waals surface area (Å²) < 4.78 is 9.11. The van der Waals surface area contributed by atoms with Crippen LogP contribution in [0.3, 0.4) is 0 Å². The van der Waals surface area contributed by atoms with E-state index in [1.54, 1.807) is 0 Å². The first-order valence-electron chi connectivity index (χ1n) is 20.9. The molecule has 0 fully saturated rings. The molecule has 5 heteroatoms. The Labute approximate surface area is 355 Å². The third-order valence-electron chi connectivity index (χ3n) is 12.4. The van der Waals surface area contributed by atoms with Crippen LogP contribution < -0.4 is 0 Å². The molecule has 62 heavy (non-hydrogen) atoms. The van der Waals surface area contributed by atoms with Gasteiger partial charge in [-0.2, -0.15) is 0 Å². The van der Waals surface area contributed by atoms with Crippen LogP contribution >= 0.6 is 0 Å². The van der Waals surface area contributed by atoms with Gasteiger partial charge in [-0.3, -0.25) is 0 Å². The van der Waals surface area contributed by atoms with Crippen LogP contribution in [0.1, 0.15) is 0 Å². The molecule has 3 aromatic heterocycles. The number of hydrogen-bond acceptors (Lipinski definition) is 4. The summed E-state index contributed by atoms with van der Waals surface area (Å²) in [4.78, 5) is 16.2. The summed E-state index contributed by atoms with van der Waals surface area (Å²) >= 11 is 0. The summed E-state index contributed by atoms with van der Waals surface area (Å²) in [6.45, 7) is 0. The van der Waals surface area contributed by atoms with Gasteiger partial charge in [0, 0.05) is 44.3 Å². The minimum Gasteiger partial charge on any atom is -0.456 e. The number of nitrogens with zero attached hydrogens (tertiary/aromatic N) is 4. The maximum absolute atomic E-state index is 6.75. The predicted octanol–water partition coefficient (Wildman–Crippen LogP) is 15.0. The number of benzene rings is 10. The molecule has 0 saturated heterocycles. The van der Waals surface area contributed by atoms with Crippen LogP contribution in [-0.4, -0.2) is 19.5 Å². The highest BCUT2D eigenvalue weighted by Crippen LogP contribution is 2.42. The van der Waals surface area contributed by atoms with Gasteiger partial charge in [0.15, 0.2) is 17.5 Å². The summed E-state index contributed by atoms with van der Waals surface area (Å²) in [6.07, 6.45) is 0. The second kappa shape index (κ2) is 13.6. The van der Waals surface area contributed by atoms with Crippen molar-refractivity contribution in [2.45, 2.75) is 0 Å². The van der Waals surface area contributed by atoms with Crippen LogP contribution in [-0.2, 0) is 0 Å². The summed E-state index contributed by atoms with van der Waals surface area (Å²) in [6, 6.07) is 72.7. The highest BCUT2D eigenvalue weighted by atomic mass is 16.3. The molecule has 3 heterocycles. The third-order valence-corrected chi connectivity index (χ3v) is 12.4. The van der Waals surface area contributed by atoms with Crippen molar-refractivity contribution in [1.29, 1.82) is 0 Å². The Morgan fingerprint density at radius 2 is 0.903 bits per heavy atom. The first-order valence-corrected chi connectivity index (χ1v) is 20.9. The highest BCUT2D eigenvalue weighted by molar-refractivity contribution is 6.16. The maximum atomic E-state index is 6.75. The van der Waals surface area contributed by atoms with E-state index in [-0.39, 0.29) is 0 Å². The summed E-state index contributed by atoms with van der Waals surface area (Å²) in [5.41, 5.74) is 9.75. The van der Waals surface area contributed by atoms with Gasteiger partial charge in [-0.1, -0.05) is 164 Å². The molecule has 10 aromatic carbocycles. The molecule has 0 atom stereocenters. The molecule has 0 amide bonds. The minimum atomic E-state index is 0.569. The van der Waals surface area contributed by atoms with Crippen molar-refractivity contribution in [3.05, 3.63) is 206 Å². The number of fused-ring (bicyclic) bond motifs is 10. The zero-order valence-electron chi connectivity index (χ0n) is 33.3. The van der Waals surface area contributed by atoms with Crippen molar-refractivity contribution >= 4 is 76.1 Å². The summed E-state index contributed by atoms with van der Waals surface area (Å²) in [5, 5.41) is 11.3. The Bertz CT molecular complexity index is 3920. The van der Waals surface area contributed by atoms with Gasteiger partial charge in [0.25, 0.3) is 0 Å². The van der Waals surface area contributed by atoms with Gasteiger partial charge < -0.3 is 8.98 Å². The molecule has 5 nitrogen and oxygen atoms in total. The second-order valence-electron chi connectivity index (χ2n) is 16.0. The van der Waals surface area contributed by atoms with Gasteiger partial charge in [-0.05, 0) is 79.8 Å². The van der Waals surface area contributed by atoms with E-state index in [4.69, 9.17) is 19.4 Å².